The Morgan fingerprint density at radius 3 is 1.57 bits per heavy atom. The van der Waals surface area contributed by atoms with Gasteiger partial charge in [-0.25, -0.2) is 4.79 Å². The number of rotatable bonds is 1. The maximum Gasteiger partial charge on any atom is 0.371 e. The van der Waals surface area contributed by atoms with E-state index < -0.39 is 11.8 Å². The molecule has 0 aliphatic carbocycles. The molecule has 0 saturated carbocycles. The van der Waals surface area contributed by atoms with Crippen LogP contribution in [-0.4, -0.2) is 54.6 Å². The summed E-state index contributed by atoms with van der Waals surface area (Å²) in [6.45, 7) is 1.00. The minimum Gasteiger partial charge on any atom is -0.476 e. The summed E-state index contributed by atoms with van der Waals surface area (Å²) in [6, 6.07) is 0. The van der Waals surface area contributed by atoms with Crippen LogP contribution in [0.4, 0.5) is 0 Å². The number of carboxylic acid groups (broad SMARTS) is 1. The van der Waals surface area contributed by atoms with Gasteiger partial charge in [-0.2, -0.15) is 0 Å². The molecule has 3 nitrogen and oxygen atoms in total. The first-order chi connectivity index (χ1) is 2.64. The Labute approximate surface area is 70.7 Å². The van der Waals surface area contributed by atoms with E-state index in [0.29, 0.717) is 0 Å². The first-order valence-electron chi connectivity index (χ1n) is 1.38. The second kappa shape index (κ2) is 4.56. The van der Waals surface area contributed by atoms with E-state index >= 15 is 0 Å². The fourth-order valence-corrected chi connectivity index (χ4v) is 0. The summed E-state index contributed by atoms with van der Waals surface area (Å²) in [6.07, 6.45) is 0. The molecule has 0 fully saturated rings. The third kappa shape index (κ3) is 6.40. The van der Waals surface area contributed by atoms with Crippen molar-refractivity contribution in [3.05, 3.63) is 0 Å². The van der Waals surface area contributed by atoms with Gasteiger partial charge < -0.3 is 5.11 Å². The Morgan fingerprint density at radius 1 is 1.43 bits per heavy atom. The van der Waals surface area contributed by atoms with Gasteiger partial charge in [0.25, 0.3) is 0 Å². The normalized spacial score (nSPS) is 6.43. The van der Waals surface area contributed by atoms with Crippen molar-refractivity contribution in [3.8, 4) is 0 Å². The molecule has 0 amide bonds. The molecule has 2 radical (unpaired) electrons. The second-order valence-electron chi connectivity index (χ2n) is 0.861. The SMILES string of the molecule is CC(=O)C(=O)O.[Ca]. The van der Waals surface area contributed by atoms with Gasteiger partial charge in [0.05, 0.1) is 0 Å². The van der Waals surface area contributed by atoms with Gasteiger partial charge in [0.1, 0.15) is 0 Å². The number of carbonyl (C=O) groups excluding carboxylic acids is 1. The van der Waals surface area contributed by atoms with Gasteiger partial charge in [-0.05, 0) is 0 Å². The van der Waals surface area contributed by atoms with Crippen LogP contribution in [0.2, 0.25) is 0 Å². The number of hydrogen-bond acceptors (Lipinski definition) is 2. The molecule has 0 bridgehead atoms. The van der Waals surface area contributed by atoms with E-state index in [1.165, 1.54) is 0 Å². The quantitative estimate of drug-likeness (QED) is 0.374. The topological polar surface area (TPSA) is 54.4 Å². The molecule has 0 atom stereocenters. The molecule has 0 aliphatic rings. The van der Waals surface area contributed by atoms with Crippen molar-refractivity contribution in [1.29, 1.82) is 0 Å². The van der Waals surface area contributed by atoms with Crippen LogP contribution in [0.25, 0.3) is 0 Å². The predicted octanol–water partition coefficient (Wildman–Crippen LogP) is -0.721. The van der Waals surface area contributed by atoms with Crippen molar-refractivity contribution in [3.63, 3.8) is 0 Å². The summed E-state index contributed by atoms with van der Waals surface area (Å²) < 4.78 is 0. The Bertz CT molecular complexity index is 76.2. The van der Waals surface area contributed by atoms with E-state index in [1.54, 1.807) is 0 Å². The molecule has 7 heavy (non-hydrogen) atoms. The first kappa shape index (κ1) is 10.4. The van der Waals surface area contributed by atoms with Crippen molar-refractivity contribution < 1.29 is 14.7 Å². The largest absolute Gasteiger partial charge is 0.476 e. The summed E-state index contributed by atoms with van der Waals surface area (Å²) in [5, 5.41) is 7.64. The Kier molecular flexibility index (Phi) is 6.77. The van der Waals surface area contributed by atoms with Crippen LogP contribution in [0.5, 0.6) is 0 Å². The van der Waals surface area contributed by atoms with E-state index in [9.17, 15) is 9.59 Å². The van der Waals surface area contributed by atoms with Gasteiger partial charge in [0, 0.05) is 44.7 Å². The van der Waals surface area contributed by atoms with Crippen molar-refractivity contribution in [2.24, 2.45) is 0 Å². The van der Waals surface area contributed by atoms with E-state index in [2.05, 4.69) is 0 Å². The second-order valence-corrected chi connectivity index (χ2v) is 0.861. The summed E-state index contributed by atoms with van der Waals surface area (Å²) >= 11 is 0. The third-order valence-electron chi connectivity index (χ3n) is 0.301. The van der Waals surface area contributed by atoms with Crippen LogP contribution >= 0.6 is 0 Å². The summed E-state index contributed by atoms with van der Waals surface area (Å²) in [5.74, 6) is -2.20. The van der Waals surface area contributed by atoms with Crippen LogP contribution in [0.15, 0.2) is 0 Å². The molecule has 36 valence electrons. The molecule has 0 aromatic rings. The molecule has 0 aromatic carbocycles. The zero-order valence-electron chi connectivity index (χ0n) is 3.97. The number of hydrogen-bond donors (Lipinski definition) is 1. The molecule has 1 N–H and O–H groups in total. The monoisotopic (exact) mass is 128 g/mol. The van der Waals surface area contributed by atoms with E-state index in [-0.39, 0.29) is 37.7 Å². The molecule has 4 heteroatoms. The molecule has 0 rings (SSSR count). The summed E-state index contributed by atoms with van der Waals surface area (Å²) in [5.41, 5.74) is 0. The van der Waals surface area contributed by atoms with Gasteiger partial charge in [-0.15, -0.1) is 0 Å². The number of ketones is 1. The van der Waals surface area contributed by atoms with E-state index in [1.807, 2.05) is 0 Å². The fourth-order valence-electron chi connectivity index (χ4n) is 0. The minimum absolute atomic E-state index is 0. The Balaban J connectivity index is 0. The van der Waals surface area contributed by atoms with Gasteiger partial charge >= 0.3 is 5.97 Å². The predicted molar refractivity (Wildman–Crippen MR) is 24.1 cm³/mol. The smallest absolute Gasteiger partial charge is 0.371 e. The zero-order chi connectivity index (χ0) is 5.15. The van der Waals surface area contributed by atoms with Crippen LogP contribution in [0.3, 0.4) is 0 Å². The maximum atomic E-state index is 9.54. The number of carbonyl (C=O) groups is 2. The molecule has 0 spiro atoms. The average Bonchev–Trinajstić information content (AvgIpc) is 1.36. The van der Waals surface area contributed by atoms with Crippen molar-refractivity contribution >= 4 is 49.5 Å². The first-order valence-corrected chi connectivity index (χ1v) is 1.38. The van der Waals surface area contributed by atoms with E-state index in [4.69, 9.17) is 5.11 Å². The zero-order valence-corrected chi connectivity index (χ0v) is 6.18. The molecular formula is C3H4CaO3. The number of carboxylic acids is 1. The molecule has 0 unspecified atom stereocenters. The Morgan fingerprint density at radius 2 is 1.57 bits per heavy atom. The number of aliphatic carboxylic acids is 1. The van der Waals surface area contributed by atoms with Gasteiger partial charge in [-0.3, -0.25) is 4.79 Å². The molecule has 0 saturated heterocycles. The maximum absolute atomic E-state index is 9.54. The summed E-state index contributed by atoms with van der Waals surface area (Å²) in [7, 11) is 0. The molecule has 0 aliphatic heterocycles. The third-order valence-corrected chi connectivity index (χ3v) is 0.301. The standard InChI is InChI=1S/C3H4O3.Ca/c1-2(4)3(5)6;/h1H3,(H,5,6);. The minimum atomic E-state index is -1.38. The van der Waals surface area contributed by atoms with Crippen molar-refractivity contribution in [2.45, 2.75) is 6.92 Å². The average molecular weight is 128 g/mol. The van der Waals surface area contributed by atoms with Gasteiger partial charge in [0.15, 0.2) is 0 Å². The number of Topliss-reactive ketones (excluding diaryl/α,β-unsaturated/α-hetero) is 1. The van der Waals surface area contributed by atoms with Crippen LogP contribution in [0.1, 0.15) is 6.92 Å². The summed E-state index contributed by atoms with van der Waals surface area (Å²) in [4.78, 5) is 18.9. The van der Waals surface area contributed by atoms with E-state index in [0.717, 1.165) is 6.92 Å². The van der Waals surface area contributed by atoms with Crippen molar-refractivity contribution in [2.75, 3.05) is 0 Å². The van der Waals surface area contributed by atoms with Crippen LogP contribution in [-0.2, 0) is 9.59 Å². The van der Waals surface area contributed by atoms with Crippen LogP contribution in [0, 0.1) is 0 Å². The van der Waals surface area contributed by atoms with Gasteiger partial charge in [0.2, 0.25) is 5.78 Å². The molecule has 0 heterocycles. The van der Waals surface area contributed by atoms with Crippen LogP contribution < -0.4 is 0 Å². The molecule has 0 aromatic heterocycles. The fraction of sp³-hybridized carbons (Fsp3) is 0.333. The Hall–Kier alpha value is 0.400. The molecular weight excluding hydrogens is 124 g/mol. The van der Waals surface area contributed by atoms with Crippen molar-refractivity contribution in [1.82, 2.24) is 0 Å². The van der Waals surface area contributed by atoms with Gasteiger partial charge in [-0.1, -0.05) is 0 Å².